The van der Waals surface area contributed by atoms with Crippen LogP contribution in [0.4, 0.5) is 5.69 Å². The van der Waals surface area contributed by atoms with Gasteiger partial charge in [-0.3, -0.25) is 24.1 Å². The maximum atomic E-state index is 15.9. The van der Waals surface area contributed by atoms with E-state index in [9.17, 15) is 29.4 Å². The van der Waals surface area contributed by atoms with E-state index in [2.05, 4.69) is 40.3 Å². The molecule has 1 spiro atoms. The van der Waals surface area contributed by atoms with Crippen molar-refractivity contribution in [1.29, 1.82) is 0 Å². The van der Waals surface area contributed by atoms with E-state index < -0.39 is 75.9 Å². The van der Waals surface area contributed by atoms with Crippen molar-refractivity contribution in [3.8, 4) is 5.75 Å². The van der Waals surface area contributed by atoms with E-state index in [-0.39, 0.29) is 36.8 Å². The van der Waals surface area contributed by atoms with Crippen LogP contribution in [-0.2, 0) is 60.2 Å². The largest absolute Gasteiger partial charge is 0.496 e. The van der Waals surface area contributed by atoms with Crippen LogP contribution in [0.2, 0.25) is 0 Å². The fraction of sp³-hybridized carbons (Fsp3) is 0.593. The molecule has 1 saturated carbocycles. The van der Waals surface area contributed by atoms with Crippen LogP contribution in [0, 0.1) is 17.3 Å². The highest BCUT2D eigenvalue weighted by atomic mass is 16.6. The summed E-state index contributed by atoms with van der Waals surface area (Å²) in [6.07, 6.45) is 8.90. The molecule has 18 nitrogen and oxygen atoms in total. The number of nitrogens with one attached hydrogen (secondary N) is 2. The number of aliphatic carboxylic acids is 1. The van der Waals surface area contributed by atoms with Crippen LogP contribution in [-0.4, -0.2) is 175 Å². The van der Waals surface area contributed by atoms with E-state index in [1.165, 1.54) is 21.1 Å². The molecule has 1 unspecified atom stereocenters. The number of rotatable bonds is 14. The first-order valence-electron chi connectivity index (χ1n) is 27.7. The molecule has 3 aromatic rings. The second-order valence-electron chi connectivity index (χ2n) is 23.3. The minimum atomic E-state index is -2.37. The SMILES string of the molecule is CCC1=C[C@@H]2C[C@](C(=O)OC)(c3cc4c(cc3OC)N(C)[C@H]3[C@@](O)(C(=O)OC)[C@H](OC(C)=O)[C@]5(CC)C=CCN6CC[C@]43[C@@H]65)c3[nH]c4ccccc4c3CC[N+](CC(=O)N3CCC[C@H]3C(=O)N[C@H](C(=O)O)[C@@H](C)CC)(C1)C2. The number of hydrogen-bond donors (Lipinski definition) is 4. The van der Waals surface area contributed by atoms with Crippen molar-refractivity contribution in [2.75, 3.05) is 79.1 Å². The number of aromatic nitrogens is 1. The van der Waals surface area contributed by atoms with E-state index in [1.54, 1.807) is 18.9 Å². The zero-order valence-electron chi connectivity index (χ0n) is 46.1. The predicted octanol–water partition coefficient (Wildman–Crippen LogP) is 4.92. The van der Waals surface area contributed by atoms with Crippen molar-refractivity contribution >= 4 is 52.3 Å². The number of carbonyl (C=O) groups excluding carboxylic acids is 5. The Morgan fingerprint density at radius 2 is 1.74 bits per heavy atom. The van der Waals surface area contributed by atoms with Crippen LogP contribution < -0.4 is 15.0 Å². The number of anilines is 1. The smallest absolute Gasteiger partial charge is 0.344 e. The van der Waals surface area contributed by atoms with Crippen LogP contribution in [0.15, 0.2) is 60.2 Å². The van der Waals surface area contributed by atoms with Gasteiger partial charge in [-0.05, 0) is 79.8 Å². The third kappa shape index (κ3) is 7.95. The number of H-pyrrole nitrogens is 1. The molecule has 18 heteroatoms. The van der Waals surface area contributed by atoms with Crippen LogP contribution in [0.5, 0.6) is 5.75 Å². The third-order valence-electron chi connectivity index (χ3n) is 19.6. The van der Waals surface area contributed by atoms with E-state index in [4.69, 9.17) is 18.9 Å². The van der Waals surface area contributed by atoms with E-state index >= 15 is 9.59 Å². The number of likely N-dealkylation sites (N-methyl/N-ethyl adjacent to an activating group) is 1. The number of carboxylic acid groups (broad SMARTS) is 1. The number of quaternary nitrogens is 1. The summed E-state index contributed by atoms with van der Waals surface area (Å²) >= 11 is 0. The lowest BCUT2D eigenvalue weighted by molar-refractivity contribution is -0.921. The van der Waals surface area contributed by atoms with Crippen molar-refractivity contribution in [3.05, 3.63) is 82.6 Å². The molecule has 7 aliphatic rings. The molecule has 77 heavy (non-hydrogen) atoms. The first-order valence-corrected chi connectivity index (χ1v) is 27.7. The minimum absolute atomic E-state index is 0.0929. The molecule has 2 amide bonds. The maximum Gasteiger partial charge on any atom is 0.344 e. The van der Waals surface area contributed by atoms with Gasteiger partial charge in [0.2, 0.25) is 11.5 Å². The minimum Gasteiger partial charge on any atom is -0.496 e. The zero-order valence-corrected chi connectivity index (χ0v) is 46.1. The summed E-state index contributed by atoms with van der Waals surface area (Å²) in [5, 5.41) is 27.3. The molecule has 3 fully saturated rings. The Morgan fingerprint density at radius 1 is 0.987 bits per heavy atom. The summed E-state index contributed by atoms with van der Waals surface area (Å²) in [5.74, 6) is -4.02. The number of aromatic amines is 1. The number of para-hydroxylation sites is 1. The summed E-state index contributed by atoms with van der Waals surface area (Å²) in [6, 6.07) is 8.72. The van der Waals surface area contributed by atoms with Crippen LogP contribution in [0.1, 0.15) is 102 Å². The van der Waals surface area contributed by atoms with Crippen LogP contribution in [0.25, 0.3) is 10.9 Å². The topological polar surface area (TPSA) is 217 Å². The highest BCUT2D eigenvalue weighted by Gasteiger charge is 2.80. The first kappa shape index (κ1) is 54.1. The third-order valence-corrected chi connectivity index (χ3v) is 19.6. The Morgan fingerprint density at radius 3 is 2.42 bits per heavy atom. The number of aliphatic hydroxyl groups is 1. The van der Waals surface area contributed by atoms with Gasteiger partial charge in [0.05, 0.1) is 40.5 Å². The molecule has 7 heterocycles. The standard InChI is InChI=1S/C59H76N6O12/c1-10-34(4)47(50(69)70)61-49(68)43-19-15-24-64(43)46(67)33-65-26-20-39-38-17-13-14-18-42(38)60-48(39)58(54(71)75-8,30-37(32-65)27-36(11-2)31-65)41-28-40-44(29-45(41)74-7)62(6)52-57(40)22-25-63-23-16-21-56(12-3,51(57)63)53(77-35(5)66)59(52,73)55(72)76-9/h13-14,16-18,21,27-29,34,37,43,47,51-53,60,73H,10-12,15,19-20,22-26,30-33H2,1-9H3,(H-,61,68,69,70)/p+1/t34-,37+,43-,47-,51-,52+,53+,56+,57+,58-,59-,65?/m0/s1. The Bertz CT molecular complexity index is 2970. The number of amides is 2. The number of hydrogen-bond acceptors (Lipinski definition) is 13. The number of likely N-dealkylation sites (tertiary alicyclic amines) is 1. The number of ether oxygens (including phenoxy) is 4. The lowest BCUT2D eigenvalue weighted by Crippen LogP contribution is -2.81. The fourth-order valence-corrected chi connectivity index (χ4v) is 16.3. The second-order valence-corrected chi connectivity index (χ2v) is 23.3. The number of carboxylic acids is 1. The van der Waals surface area contributed by atoms with Crippen LogP contribution >= 0.6 is 0 Å². The zero-order chi connectivity index (χ0) is 55.1. The maximum absolute atomic E-state index is 15.9. The molecule has 414 valence electrons. The van der Waals surface area contributed by atoms with Gasteiger partial charge in [0.1, 0.15) is 29.8 Å². The quantitative estimate of drug-likeness (QED) is 0.0730. The molecular weight excluding hydrogens is 985 g/mol. The molecule has 6 aliphatic heterocycles. The lowest BCUT2D eigenvalue weighted by atomic mass is 9.47. The number of nitrogens with zero attached hydrogens (tertiary/aromatic N) is 4. The van der Waals surface area contributed by atoms with Crippen molar-refractivity contribution in [2.24, 2.45) is 17.3 Å². The number of fused-ring (bicyclic) bond motifs is 6. The monoisotopic (exact) mass is 1060 g/mol. The fourth-order valence-electron chi connectivity index (χ4n) is 16.3. The highest BCUT2D eigenvalue weighted by molar-refractivity contribution is 5.95. The molecule has 4 N–H and O–H groups in total. The lowest BCUT2D eigenvalue weighted by Gasteiger charge is -2.63. The number of esters is 3. The van der Waals surface area contributed by atoms with E-state index in [0.29, 0.717) is 111 Å². The molecule has 12 atom stereocenters. The molecule has 0 radical (unpaired) electrons. The molecule has 2 aromatic carbocycles. The van der Waals surface area contributed by atoms with Gasteiger partial charge in [-0.2, -0.15) is 0 Å². The van der Waals surface area contributed by atoms with Crippen molar-refractivity contribution in [2.45, 2.75) is 133 Å². The first-order chi connectivity index (χ1) is 36.8. The number of benzene rings is 2. The van der Waals surface area contributed by atoms with E-state index in [1.807, 2.05) is 62.2 Å². The van der Waals surface area contributed by atoms with Gasteiger partial charge < -0.3 is 53.7 Å². The average molecular weight is 1060 g/mol. The van der Waals surface area contributed by atoms with Gasteiger partial charge in [-0.1, -0.05) is 70.5 Å². The van der Waals surface area contributed by atoms with Gasteiger partial charge in [-0.25, -0.2) is 9.59 Å². The van der Waals surface area contributed by atoms with Gasteiger partial charge >= 0.3 is 23.9 Å². The van der Waals surface area contributed by atoms with Gasteiger partial charge in [0, 0.05) is 90.2 Å². The number of carbonyl (C=O) groups is 6. The van der Waals surface area contributed by atoms with Crippen molar-refractivity contribution < 1.29 is 62.4 Å². The van der Waals surface area contributed by atoms with Gasteiger partial charge in [0.15, 0.2) is 12.6 Å². The Hall–Kier alpha value is -6.24. The van der Waals surface area contributed by atoms with Gasteiger partial charge in [0.25, 0.3) is 5.91 Å². The van der Waals surface area contributed by atoms with E-state index in [0.717, 1.165) is 27.6 Å². The number of methoxy groups -OCH3 is 3. The Kier molecular flexibility index (Phi) is 14.0. The summed E-state index contributed by atoms with van der Waals surface area (Å²) in [5.41, 5.74) is -0.430. The summed E-state index contributed by atoms with van der Waals surface area (Å²) in [7, 11) is 6.06. The molecular formula is C59H77N6O12+. The summed E-state index contributed by atoms with van der Waals surface area (Å²) in [4.78, 5) is 94.8. The van der Waals surface area contributed by atoms with Gasteiger partial charge in [-0.15, -0.1) is 0 Å². The normalized spacial score (nSPS) is 32.8. The second kappa shape index (κ2) is 19.9. The molecule has 1 aliphatic carbocycles. The molecule has 2 saturated heterocycles. The summed E-state index contributed by atoms with van der Waals surface area (Å²) in [6.45, 7) is 12.4. The Balaban J connectivity index is 1.15. The summed E-state index contributed by atoms with van der Waals surface area (Å²) < 4.78 is 24.7. The highest BCUT2D eigenvalue weighted by Crippen LogP contribution is 2.68. The van der Waals surface area contributed by atoms with Crippen LogP contribution in [0.3, 0.4) is 0 Å². The molecule has 10 rings (SSSR count). The Labute approximate surface area is 450 Å². The molecule has 2 bridgehead atoms. The van der Waals surface area contributed by atoms with Crippen molar-refractivity contribution in [3.63, 3.8) is 0 Å². The van der Waals surface area contributed by atoms with Crippen molar-refractivity contribution in [1.82, 2.24) is 20.1 Å². The molecule has 1 aromatic heterocycles. The average Bonchev–Trinajstić information content (AvgIpc) is 4.38. The predicted molar refractivity (Wildman–Crippen MR) is 286 cm³/mol.